The molecule has 2 heterocycles. The van der Waals surface area contributed by atoms with E-state index in [2.05, 4.69) is 21.5 Å². The molecule has 5 rings (SSSR count). The molecule has 0 unspecified atom stereocenters. The minimum Gasteiger partial charge on any atom is -0.510 e. The lowest BCUT2D eigenvalue weighted by Gasteiger charge is -2.36. The van der Waals surface area contributed by atoms with E-state index in [0.717, 1.165) is 29.8 Å². The van der Waals surface area contributed by atoms with Gasteiger partial charge in [-0.3, -0.25) is 4.79 Å². The van der Waals surface area contributed by atoms with Crippen LogP contribution in [-0.2, 0) is 11.2 Å². The molecule has 0 saturated carbocycles. The van der Waals surface area contributed by atoms with Crippen LogP contribution in [-0.4, -0.2) is 39.3 Å². The van der Waals surface area contributed by atoms with Crippen LogP contribution in [0.15, 0.2) is 72.5 Å². The number of Topliss-reactive ketones (excluding diaryl/α,β-unsaturated/α-hetero) is 1. The van der Waals surface area contributed by atoms with Crippen molar-refractivity contribution in [2.24, 2.45) is 0 Å². The van der Waals surface area contributed by atoms with Gasteiger partial charge in [-0.25, -0.2) is 9.67 Å². The second kappa shape index (κ2) is 8.00. The molecule has 0 amide bonds. The first kappa shape index (κ1) is 19.5. The maximum absolute atomic E-state index is 13.4. The standard InChI is InChI=1S/C24H24N4O3/c1-31-17-8-6-16(7-9-17)19-12-20(29)21(24(30)23(19)28-14-25-13-27-28)22-18-5-3-2-4-15(18)10-11-26-22/h2-9,13-14,19,22-23,26,30H,10-12H2,1H3/t19-,22+,23+/m1/s1. The van der Waals surface area contributed by atoms with Gasteiger partial charge in [0.1, 0.15) is 30.2 Å². The molecule has 31 heavy (non-hydrogen) atoms. The largest absolute Gasteiger partial charge is 0.510 e. The Hall–Kier alpha value is -3.45. The normalized spacial score (nSPS) is 23.5. The molecule has 0 spiro atoms. The number of rotatable bonds is 4. The van der Waals surface area contributed by atoms with Crippen molar-refractivity contribution in [2.75, 3.05) is 13.7 Å². The fourth-order valence-electron chi connectivity index (χ4n) is 4.81. The zero-order valence-electron chi connectivity index (χ0n) is 17.2. The summed E-state index contributed by atoms with van der Waals surface area (Å²) in [5.41, 5.74) is 3.62. The van der Waals surface area contributed by atoms with Gasteiger partial charge in [0.25, 0.3) is 0 Å². The summed E-state index contributed by atoms with van der Waals surface area (Å²) in [5, 5.41) is 19.2. The molecule has 2 aliphatic rings. The number of carbonyl (C=O) groups is 1. The van der Waals surface area contributed by atoms with Gasteiger partial charge in [-0.2, -0.15) is 5.10 Å². The molecule has 2 N–H and O–H groups in total. The zero-order valence-corrected chi connectivity index (χ0v) is 17.2. The van der Waals surface area contributed by atoms with E-state index in [0.29, 0.717) is 5.57 Å². The number of ether oxygens (including phenoxy) is 1. The molecule has 7 heteroatoms. The smallest absolute Gasteiger partial charge is 0.164 e. The molecule has 3 atom stereocenters. The number of nitrogens with zero attached hydrogens (tertiary/aromatic N) is 3. The molecule has 1 aliphatic heterocycles. The highest BCUT2D eigenvalue weighted by Crippen LogP contribution is 2.45. The fourth-order valence-corrected chi connectivity index (χ4v) is 4.81. The Morgan fingerprint density at radius 2 is 1.97 bits per heavy atom. The molecule has 0 bridgehead atoms. The summed E-state index contributed by atoms with van der Waals surface area (Å²) in [7, 11) is 1.62. The van der Waals surface area contributed by atoms with Gasteiger partial charge in [0.2, 0.25) is 0 Å². The predicted molar refractivity (Wildman–Crippen MR) is 115 cm³/mol. The third-order valence-corrected chi connectivity index (χ3v) is 6.31. The van der Waals surface area contributed by atoms with E-state index in [1.165, 1.54) is 11.9 Å². The highest BCUT2D eigenvalue weighted by atomic mass is 16.5. The molecule has 2 aromatic carbocycles. The van der Waals surface area contributed by atoms with Gasteiger partial charge in [0.15, 0.2) is 5.78 Å². The van der Waals surface area contributed by atoms with E-state index >= 15 is 0 Å². The van der Waals surface area contributed by atoms with Gasteiger partial charge in [0, 0.05) is 18.9 Å². The maximum Gasteiger partial charge on any atom is 0.164 e. The van der Waals surface area contributed by atoms with Crippen LogP contribution in [0.25, 0.3) is 0 Å². The molecule has 3 aromatic rings. The number of benzene rings is 2. The van der Waals surface area contributed by atoms with E-state index < -0.39 is 6.04 Å². The second-order valence-electron chi connectivity index (χ2n) is 7.96. The number of allylic oxidation sites excluding steroid dienone is 1. The van der Waals surface area contributed by atoms with Gasteiger partial charge >= 0.3 is 0 Å². The lowest BCUT2D eigenvalue weighted by atomic mass is 9.75. The second-order valence-corrected chi connectivity index (χ2v) is 7.96. The third kappa shape index (κ3) is 3.41. The Bertz CT molecular complexity index is 1120. The summed E-state index contributed by atoms with van der Waals surface area (Å²) in [4.78, 5) is 17.5. The quantitative estimate of drug-likeness (QED) is 0.679. The predicted octanol–water partition coefficient (Wildman–Crippen LogP) is 3.28. The Balaban J connectivity index is 1.62. The van der Waals surface area contributed by atoms with Gasteiger partial charge in [-0.05, 0) is 35.2 Å². The summed E-state index contributed by atoms with van der Waals surface area (Å²) in [6, 6.07) is 14.9. The van der Waals surface area contributed by atoms with Crippen molar-refractivity contribution in [2.45, 2.75) is 30.8 Å². The van der Waals surface area contributed by atoms with E-state index in [1.807, 2.05) is 42.5 Å². The van der Waals surface area contributed by atoms with Crippen LogP contribution in [0.4, 0.5) is 0 Å². The van der Waals surface area contributed by atoms with Crippen LogP contribution in [0.3, 0.4) is 0 Å². The number of fused-ring (bicyclic) bond motifs is 1. The Morgan fingerprint density at radius 1 is 1.16 bits per heavy atom. The number of hydrogen-bond donors (Lipinski definition) is 2. The van der Waals surface area contributed by atoms with Crippen LogP contribution in [0.1, 0.15) is 41.1 Å². The van der Waals surface area contributed by atoms with Gasteiger partial charge in [-0.15, -0.1) is 0 Å². The molecule has 158 valence electrons. The van der Waals surface area contributed by atoms with Crippen LogP contribution < -0.4 is 10.1 Å². The summed E-state index contributed by atoms with van der Waals surface area (Å²) < 4.78 is 6.91. The Morgan fingerprint density at radius 3 is 2.71 bits per heavy atom. The maximum atomic E-state index is 13.4. The van der Waals surface area contributed by atoms with Crippen molar-refractivity contribution >= 4 is 5.78 Å². The minimum atomic E-state index is -0.514. The van der Waals surface area contributed by atoms with E-state index in [1.54, 1.807) is 18.1 Å². The van der Waals surface area contributed by atoms with E-state index in [4.69, 9.17) is 4.74 Å². The number of carbonyl (C=O) groups excluding carboxylic acids is 1. The third-order valence-electron chi connectivity index (χ3n) is 6.31. The average Bonchev–Trinajstić information content (AvgIpc) is 3.33. The summed E-state index contributed by atoms with van der Waals surface area (Å²) in [6.45, 7) is 0.752. The number of ketones is 1. The lowest BCUT2D eigenvalue weighted by molar-refractivity contribution is -0.117. The summed E-state index contributed by atoms with van der Waals surface area (Å²) in [5.74, 6) is 0.481. The highest BCUT2D eigenvalue weighted by Gasteiger charge is 2.42. The van der Waals surface area contributed by atoms with Gasteiger partial charge in [-0.1, -0.05) is 36.4 Å². The topological polar surface area (TPSA) is 89.3 Å². The number of hydrogen-bond acceptors (Lipinski definition) is 6. The summed E-state index contributed by atoms with van der Waals surface area (Å²) in [6.07, 6.45) is 4.21. The molecular formula is C24H24N4O3. The van der Waals surface area contributed by atoms with E-state index in [9.17, 15) is 9.90 Å². The molecule has 0 radical (unpaired) electrons. The minimum absolute atomic E-state index is 0.0520. The number of methoxy groups -OCH3 is 1. The van der Waals surface area contributed by atoms with E-state index in [-0.39, 0.29) is 29.9 Å². The van der Waals surface area contributed by atoms with Crippen LogP contribution in [0.5, 0.6) is 5.75 Å². The van der Waals surface area contributed by atoms with Crippen LogP contribution in [0, 0.1) is 0 Å². The Labute approximate surface area is 180 Å². The molecule has 0 fully saturated rings. The van der Waals surface area contributed by atoms with Crippen molar-refractivity contribution < 1.29 is 14.6 Å². The van der Waals surface area contributed by atoms with Gasteiger partial charge in [0.05, 0.1) is 18.7 Å². The lowest BCUT2D eigenvalue weighted by Crippen LogP contribution is -2.38. The number of nitrogens with one attached hydrogen (secondary N) is 1. The van der Waals surface area contributed by atoms with Crippen molar-refractivity contribution in [1.29, 1.82) is 0 Å². The fraction of sp³-hybridized carbons (Fsp3) is 0.292. The average molecular weight is 416 g/mol. The molecule has 0 saturated heterocycles. The number of aliphatic hydroxyl groups excluding tert-OH is 1. The monoisotopic (exact) mass is 416 g/mol. The van der Waals surface area contributed by atoms with Crippen molar-refractivity contribution in [3.8, 4) is 5.75 Å². The first-order valence-electron chi connectivity index (χ1n) is 10.4. The van der Waals surface area contributed by atoms with Crippen molar-refractivity contribution in [3.63, 3.8) is 0 Å². The van der Waals surface area contributed by atoms with Crippen molar-refractivity contribution in [1.82, 2.24) is 20.1 Å². The number of aromatic nitrogens is 3. The summed E-state index contributed by atoms with van der Waals surface area (Å²) >= 11 is 0. The first-order chi connectivity index (χ1) is 15.2. The SMILES string of the molecule is COc1ccc([C@H]2CC(=O)C([C@H]3NCCc4ccccc43)=C(O)[C@H]2n2cncn2)cc1. The first-order valence-corrected chi connectivity index (χ1v) is 10.4. The zero-order chi connectivity index (χ0) is 21.4. The Kier molecular flexibility index (Phi) is 5.03. The van der Waals surface area contributed by atoms with Gasteiger partial charge < -0.3 is 15.2 Å². The van der Waals surface area contributed by atoms with Crippen LogP contribution >= 0.6 is 0 Å². The molecule has 1 aliphatic carbocycles. The molecule has 1 aromatic heterocycles. The highest BCUT2D eigenvalue weighted by molar-refractivity contribution is 5.99. The molecular weight excluding hydrogens is 392 g/mol. The molecule has 7 nitrogen and oxygen atoms in total. The number of aliphatic hydroxyl groups is 1. The van der Waals surface area contributed by atoms with Crippen molar-refractivity contribution in [3.05, 3.63) is 89.2 Å². The van der Waals surface area contributed by atoms with Crippen LogP contribution in [0.2, 0.25) is 0 Å².